The summed E-state index contributed by atoms with van der Waals surface area (Å²) >= 11 is 0. The number of rotatable bonds is 9. The van der Waals surface area contributed by atoms with Gasteiger partial charge in [-0.15, -0.1) is 0 Å². The van der Waals surface area contributed by atoms with Gasteiger partial charge in [0.15, 0.2) is 5.78 Å². The van der Waals surface area contributed by atoms with Crippen molar-refractivity contribution in [3.05, 3.63) is 107 Å². The Bertz CT molecular complexity index is 1330. The van der Waals surface area contributed by atoms with Crippen molar-refractivity contribution in [3.8, 4) is 0 Å². The van der Waals surface area contributed by atoms with Gasteiger partial charge in [0.25, 0.3) is 0 Å². The number of likely N-dealkylation sites (tertiary alicyclic amines) is 1. The van der Waals surface area contributed by atoms with E-state index in [1.807, 2.05) is 0 Å². The maximum Gasteiger partial charge on any atom is 0.179 e. The van der Waals surface area contributed by atoms with Gasteiger partial charge in [-0.05, 0) is 73.2 Å². The average Bonchev–Trinajstić information content (AvgIpc) is 3.27. The van der Waals surface area contributed by atoms with Crippen LogP contribution in [0.5, 0.6) is 0 Å². The molecule has 0 N–H and O–H groups in total. The first-order chi connectivity index (χ1) is 18.7. The van der Waals surface area contributed by atoms with E-state index in [-0.39, 0.29) is 0 Å². The van der Waals surface area contributed by atoms with E-state index in [1.165, 1.54) is 65.5 Å². The van der Waals surface area contributed by atoms with Crippen LogP contribution in [0, 0.1) is 0 Å². The van der Waals surface area contributed by atoms with Crippen LogP contribution in [0.3, 0.4) is 0 Å². The number of nitrogens with zero attached hydrogens (tertiary/aromatic N) is 3. The van der Waals surface area contributed by atoms with Crippen LogP contribution >= 0.6 is 0 Å². The summed E-state index contributed by atoms with van der Waals surface area (Å²) in [6.07, 6.45) is 6.63. The molecular formula is C34H39N3O. The molecule has 38 heavy (non-hydrogen) atoms. The van der Waals surface area contributed by atoms with Crippen LogP contribution in [-0.2, 0) is 32.6 Å². The monoisotopic (exact) mass is 505 g/mol. The largest absolute Gasteiger partial charge is 0.337 e. The zero-order valence-corrected chi connectivity index (χ0v) is 22.4. The van der Waals surface area contributed by atoms with E-state index in [2.05, 4.69) is 93.2 Å². The predicted molar refractivity (Wildman–Crippen MR) is 155 cm³/mol. The third-order valence-electron chi connectivity index (χ3n) is 8.32. The minimum absolute atomic E-state index is 0.317. The Morgan fingerprint density at radius 1 is 0.711 bits per heavy atom. The highest BCUT2D eigenvalue weighted by atomic mass is 16.1. The van der Waals surface area contributed by atoms with E-state index < -0.39 is 0 Å². The molecule has 1 aliphatic carbocycles. The van der Waals surface area contributed by atoms with Gasteiger partial charge in [-0.2, -0.15) is 0 Å². The standard InChI is InChI=1S/C34H39N3O/c38-33-16-10-15-30-31-23-29(26-35-19-8-3-9-20-35)17-18-32(31)37(34(30)33)22-21-36(24-27-11-4-1-5-12-27)25-28-13-6-2-7-14-28/h1-2,4-7,11-14,17-18,23H,3,8-10,15-16,19-22,24-26H2. The molecule has 1 aliphatic heterocycles. The Kier molecular flexibility index (Phi) is 7.71. The fourth-order valence-electron chi connectivity index (χ4n) is 6.43. The molecular weight excluding hydrogens is 466 g/mol. The molecule has 6 rings (SSSR count). The lowest BCUT2D eigenvalue weighted by Gasteiger charge is -2.26. The van der Waals surface area contributed by atoms with Crippen LogP contribution in [0.25, 0.3) is 10.9 Å². The van der Waals surface area contributed by atoms with E-state index in [0.29, 0.717) is 12.2 Å². The number of hydrogen-bond acceptors (Lipinski definition) is 3. The highest BCUT2D eigenvalue weighted by Crippen LogP contribution is 2.33. The summed E-state index contributed by atoms with van der Waals surface area (Å²) in [6, 6.07) is 28.4. The van der Waals surface area contributed by atoms with Crippen molar-refractivity contribution in [2.45, 2.75) is 64.7 Å². The van der Waals surface area contributed by atoms with Gasteiger partial charge in [0.1, 0.15) is 0 Å². The lowest BCUT2D eigenvalue weighted by molar-refractivity contribution is 0.0962. The molecule has 0 radical (unpaired) electrons. The summed E-state index contributed by atoms with van der Waals surface area (Å²) in [5, 5.41) is 1.31. The maximum atomic E-state index is 13.3. The van der Waals surface area contributed by atoms with Crippen LogP contribution in [-0.4, -0.2) is 39.8 Å². The van der Waals surface area contributed by atoms with Crippen molar-refractivity contribution in [2.24, 2.45) is 0 Å². The van der Waals surface area contributed by atoms with E-state index >= 15 is 0 Å². The molecule has 1 aromatic heterocycles. The second kappa shape index (κ2) is 11.7. The van der Waals surface area contributed by atoms with E-state index in [4.69, 9.17) is 0 Å². The number of carbonyl (C=O) groups excluding carboxylic acids is 1. The first-order valence-corrected chi connectivity index (χ1v) is 14.4. The van der Waals surface area contributed by atoms with Crippen molar-refractivity contribution in [1.82, 2.24) is 14.4 Å². The fraction of sp³-hybridized carbons (Fsp3) is 0.382. The SMILES string of the molecule is O=C1CCCc2c1n(CCN(Cc1ccccc1)Cc1ccccc1)c1ccc(CN3CCCCC3)cc21. The molecule has 2 aliphatic rings. The summed E-state index contributed by atoms with van der Waals surface area (Å²) < 4.78 is 2.35. The van der Waals surface area contributed by atoms with Gasteiger partial charge in [-0.25, -0.2) is 0 Å². The topological polar surface area (TPSA) is 28.5 Å². The predicted octanol–water partition coefficient (Wildman–Crippen LogP) is 6.85. The Morgan fingerprint density at radius 3 is 2.08 bits per heavy atom. The molecule has 4 aromatic rings. The summed E-state index contributed by atoms with van der Waals surface area (Å²) in [5.41, 5.74) is 7.51. The molecule has 4 heteroatoms. The molecule has 1 saturated heterocycles. The summed E-state index contributed by atoms with van der Waals surface area (Å²) in [6.45, 7) is 6.93. The number of ketones is 1. The minimum atomic E-state index is 0.317. The van der Waals surface area contributed by atoms with Crippen molar-refractivity contribution < 1.29 is 4.79 Å². The van der Waals surface area contributed by atoms with Crippen LogP contribution in [0.4, 0.5) is 0 Å². The van der Waals surface area contributed by atoms with Gasteiger partial charge < -0.3 is 4.57 Å². The van der Waals surface area contributed by atoms with E-state index in [0.717, 1.165) is 51.3 Å². The molecule has 0 saturated carbocycles. The second-order valence-corrected chi connectivity index (χ2v) is 11.1. The maximum absolute atomic E-state index is 13.3. The van der Waals surface area contributed by atoms with Crippen molar-refractivity contribution in [2.75, 3.05) is 19.6 Å². The van der Waals surface area contributed by atoms with Gasteiger partial charge >= 0.3 is 0 Å². The van der Waals surface area contributed by atoms with Crippen LogP contribution in [0.2, 0.25) is 0 Å². The van der Waals surface area contributed by atoms with E-state index in [1.54, 1.807) is 0 Å². The van der Waals surface area contributed by atoms with E-state index in [9.17, 15) is 4.79 Å². The van der Waals surface area contributed by atoms with Gasteiger partial charge in [-0.1, -0.05) is 73.2 Å². The van der Waals surface area contributed by atoms with Gasteiger partial charge in [0.2, 0.25) is 0 Å². The normalized spacial score (nSPS) is 16.3. The molecule has 196 valence electrons. The molecule has 0 atom stereocenters. The van der Waals surface area contributed by atoms with Crippen LogP contribution < -0.4 is 0 Å². The summed E-state index contributed by atoms with van der Waals surface area (Å²) in [7, 11) is 0. The quantitative estimate of drug-likeness (QED) is 0.249. The van der Waals surface area contributed by atoms with Crippen LogP contribution in [0.15, 0.2) is 78.9 Å². The molecule has 0 bridgehead atoms. The molecule has 4 nitrogen and oxygen atoms in total. The molecule has 0 amide bonds. The molecule has 0 unspecified atom stereocenters. The Labute approximate surface area is 226 Å². The highest BCUT2D eigenvalue weighted by Gasteiger charge is 2.26. The first kappa shape index (κ1) is 25.1. The lowest BCUT2D eigenvalue weighted by Crippen LogP contribution is -2.29. The number of hydrogen-bond donors (Lipinski definition) is 0. The Hall–Kier alpha value is -3.21. The smallest absolute Gasteiger partial charge is 0.179 e. The van der Waals surface area contributed by atoms with Gasteiger partial charge in [0, 0.05) is 50.0 Å². The number of aromatic nitrogens is 1. The van der Waals surface area contributed by atoms with Gasteiger partial charge in [0.05, 0.1) is 5.69 Å². The minimum Gasteiger partial charge on any atom is -0.337 e. The third kappa shape index (κ3) is 5.62. The van der Waals surface area contributed by atoms with Gasteiger partial charge in [-0.3, -0.25) is 14.6 Å². The number of aryl methyl sites for hydroxylation is 1. The van der Waals surface area contributed by atoms with Crippen molar-refractivity contribution >= 4 is 16.7 Å². The highest BCUT2D eigenvalue weighted by molar-refractivity contribution is 6.04. The average molecular weight is 506 g/mol. The third-order valence-corrected chi connectivity index (χ3v) is 8.32. The molecule has 2 heterocycles. The summed E-state index contributed by atoms with van der Waals surface area (Å²) in [4.78, 5) is 18.4. The number of piperidine rings is 1. The van der Waals surface area contributed by atoms with Crippen molar-refractivity contribution in [3.63, 3.8) is 0 Å². The Balaban J connectivity index is 1.29. The zero-order chi connectivity index (χ0) is 25.7. The number of carbonyl (C=O) groups is 1. The molecule has 1 fully saturated rings. The lowest BCUT2D eigenvalue weighted by atomic mass is 9.94. The molecule has 3 aromatic carbocycles. The first-order valence-electron chi connectivity index (χ1n) is 14.4. The van der Waals surface area contributed by atoms with Crippen molar-refractivity contribution in [1.29, 1.82) is 0 Å². The Morgan fingerprint density at radius 2 is 1.39 bits per heavy atom. The second-order valence-electron chi connectivity index (χ2n) is 11.1. The number of Topliss-reactive ketones (excluding diaryl/α,β-unsaturated/α-hetero) is 1. The fourth-order valence-corrected chi connectivity index (χ4v) is 6.43. The number of benzene rings is 3. The number of fused-ring (bicyclic) bond motifs is 3. The van der Waals surface area contributed by atoms with Crippen LogP contribution in [0.1, 0.15) is 64.8 Å². The zero-order valence-electron chi connectivity index (χ0n) is 22.4. The summed E-state index contributed by atoms with van der Waals surface area (Å²) in [5.74, 6) is 0.317. The molecule has 0 spiro atoms.